The Balaban J connectivity index is 2.71. The van der Waals surface area contributed by atoms with Gasteiger partial charge in [0.05, 0.1) is 10.5 Å². The molecule has 0 atom stereocenters. The van der Waals surface area contributed by atoms with Crippen molar-refractivity contribution < 1.29 is 32.8 Å². The fourth-order valence-corrected chi connectivity index (χ4v) is 3.29. The molecule has 0 fully saturated rings. The Morgan fingerprint density at radius 1 is 1.23 bits per heavy atom. The van der Waals surface area contributed by atoms with Gasteiger partial charge >= 0.3 is 5.97 Å². The lowest BCUT2D eigenvalue weighted by Crippen LogP contribution is -2.25. The van der Waals surface area contributed by atoms with Crippen LogP contribution >= 0.6 is 0 Å². The summed E-state index contributed by atoms with van der Waals surface area (Å²) >= 11 is 0. The molecule has 0 aliphatic heterocycles. The van der Waals surface area contributed by atoms with Crippen molar-refractivity contribution in [2.45, 2.75) is 38.1 Å². The number of carboxylic acids is 1. The molecule has 0 spiro atoms. The molecule has 0 aliphatic rings. The highest BCUT2D eigenvalue weighted by Gasteiger charge is 2.23. The van der Waals surface area contributed by atoms with Crippen LogP contribution in [0.15, 0.2) is 38.1 Å². The summed E-state index contributed by atoms with van der Waals surface area (Å²) in [7, 11) is -4.66. The number of unbranched alkanes of at least 4 members (excludes halogenated alkanes) is 1. The maximum Gasteiger partial charge on any atom is 0.338 e. The average Bonchev–Trinajstić information content (AvgIpc) is 2.66. The van der Waals surface area contributed by atoms with Crippen LogP contribution < -0.4 is 11.3 Å². The van der Waals surface area contributed by atoms with E-state index in [1.807, 2.05) is 6.92 Å². The molecular weight excluding hydrogens is 432 g/mol. The zero-order chi connectivity index (χ0) is 23.5. The lowest BCUT2D eigenvalue weighted by Gasteiger charge is -2.14. The van der Waals surface area contributed by atoms with E-state index in [0.717, 1.165) is 16.7 Å². The van der Waals surface area contributed by atoms with Crippen molar-refractivity contribution in [3.05, 3.63) is 45.2 Å². The van der Waals surface area contributed by atoms with Crippen molar-refractivity contribution in [1.82, 2.24) is 4.57 Å². The number of hydrogen-bond acceptors (Lipinski definition) is 8. The number of pyridine rings is 1. The number of benzene rings is 1. The first-order chi connectivity index (χ1) is 14.4. The van der Waals surface area contributed by atoms with E-state index in [4.69, 9.17) is 10.3 Å². The van der Waals surface area contributed by atoms with Gasteiger partial charge in [-0.3, -0.25) is 18.7 Å². The molecule has 1 amide bonds. The number of rotatable bonds is 8. The Bertz CT molecular complexity index is 1250. The highest BCUT2D eigenvalue weighted by atomic mass is 32.2. The number of amides is 1. The molecular formula is C18H20N4O8S. The molecule has 0 bridgehead atoms. The average molecular weight is 452 g/mol. The lowest BCUT2D eigenvalue weighted by atomic mass is 10.1. The number of nitrogens with zero attached hydrogens (tertiary/aromatic N) is 3. The van der Waals surface area contributed by atoms with E-state index in [0.29, 0.717) is 18.9 Å². The molecule has 1 heterocycles. The van der Waals surface area contributed by atoms with Gasteiger partial charge in [0.15, 0.2) is 5.69 Å². The monoisotopic (exact) mass is 452 g/mol. The van der Waals surface area contributed by atoms with Crippen LogP contribution in [0.2, 0.25) is 0 Å². The Kier molecular flexibility index (Phi) is 6.92. The summed E-state index contributed by atoms with van der Waals surface area (Å²) in [6.45, 7) is 3.25. The van der Waals surface area contributed by atoms with Crippen molar-refractivity contribution in [2.75, 3.05) is 0 Å². The maximum atomic E-state index is 12.8. The number of carboxylic acid groups (broad SMARTS) is 1. The number of hydrogen-bond donors (Lipinski definition) is 4. The largest absolute Gasteiger partial charge is 0.494 e. The van der Waals surface area contributed by atoms with Crippen LogP contribution in [0.3, 0.4) is 0 Å². The second-order valence-corrected chi connectivity index (χ2v) is 7.93. The van der Waals surface area contributed by atoms with Crippen LogP contribution in [-0.4, -0.2) is 39.6 Å². The molecule has 2 aromatic rings. The highest BCUT2D eigenvalue weighted by molar-refractivity contribution is 7.85. The summed E-state index contributed by atoms with van der Waals surface area (Å²) in [6, 6.07) is 2.58. The van der Waals surface area contributed by atoms with Gasteiger partial charge in [0.1, 0.15) is 11.3 Å². The summed E-state index contributed by atoms with van der Waals surface area (Å²) in [6.07, 6.45) is 1.19. The van der Waals surface area contributed by atoms with Crippen LogP contribution in [0.4, 0.5) is 11.4 Å². The van der Waals surface area contributed by atoms with E-state index in [2.05, 4.69) is 10.2 Å². The van der Waals surface area contributed by atoms with Gasteiger partial charge in [-0.15, -0.1) is 10.2 Å². The molecule has 2 rings (SSSR count). The van der Waals surface area contributed by atoms with E-state index in [9.17, 15) is 33.0 Å². The molecule has 0 radical (unpaired) electrons. The summed E-state index contributed by atoms with van der Waals surface area (Å²) in [4.78, 5) is 35.4. The van der Waals surface area contributed by atoms with Crippen LogP contribution in [0.1, 0.15) is 46.0 Å². The number of aromatic nitrogens is 1. The van der Waals surface area contributed by atoms with E-state index in [-0.39, 0.29) is 29.0 Å². The Morgan fingerprint density at radius 3 is 2.39 bits per heavy atom. The third-order valence-corrected chi connectivity index (χ3v) is 5.24. The maximum absolute atomic E-state index is 12.8. The van der Waals surface area contributed by atoms with E-state index in [1.165, 1.54) is 6.92 Å². The number of carbonyl (C=O) groups is 2. The van der Waals surface area contributed by atoms with Gasteiger partial charge in [-0.25, -0.2) is 4.79 Å². The van der Waals surface area contributed by atoms with Gasteiger partial charge in [-0.05, 0) is 31.5 Å². The number of carbonyl (C=O) groups excluding carboxylic acids is 1. The van der Waals surface area contributed by atoms with Crippen LogP contribution in [0, 0.1) is 6.92 Å². The molecule has 0 aliphatic carbocycles. The molecule has 31 heavy (non-hydrogen) atoms. The predicted octanol–water partition coefficient (Wildman–Crippen LogP) is 2.12. The van der Waals surface area contributed by atoms with Crippen molar-refractivity contribution in [1.29, 1.82) is 0 Å². The van der Waals surface area contributed by atoms with Crippen LogP contribution in [0.25, 0.3) is 0 Å². The van der Waals surface area contributed by atoms with Gasteiger partial charge < -0.3 is 15.9 Å². The van der Waals surface area contributed by atoms with Gasteiger partial charge in [0, 0.05) is 12.1 Å². The first kappa shape index (κ1) is 23.7. The third kappa shape index (κ3) is 4.95. The first-order valence-corrected chi connectivity index (χ1v) is 10.4. The minimum atomic E-state index is -4.66. The summed E-state index contributed by atoms with van der Waals surface area (Å²) in [5.74, 6) is -3.16. The molecule has 5 N–H and O–H groups in total. The van der Waals surface area contributed by atoms with E-state index in [1.54, 1.807) is 0 Å². The molecule has 12 nitrogen and oxygen atoms in total. The van der Waals surface area contributed by atoms with Crippen molar-refractivity contribution >= 4 is 33.4 Å². The Morgan fingerprint density at radius 2 is 1.87 bits per heavy atom. The molecule has 0 unspecified atom stereocenters. The molecule has 166 valence electrons. The zero-order valence-corrected chi connectivity index (χ0v) is 17.4. The highest BCUT2D eigenvalue weighted by Crippen LogP contribution is 2.29. The zero-order valence-electron chi connectivity index (χ0n) is 16.6. The topological polar surface area (TPSA) is 202 Å². The smallest absolute Gasteiger partial charge is 0.338 e. The molecule has 1 aromatic carbocycles. The minimum Gasteiger partial charge on any atom is -0.494 e. The van der Waals surface area contributed by atoms with Crippen molar-refractivity contribution in [2.24, 2.45) is 16.0 Å². The predicted molar refractivity (Wildman–Crippen MR) is 108 cm³/mol. The van der Waals surface area contributed by atoms with Gasteiger partial charge in [-0.2, -0.15) is 8.42 Å². The summed E-state index contributed by atoms with van der Waals surface area (Å²) < 4.78 is 32.5. The number of aromatic carboxylic acids is 1. The molecule has 0 saturated carbocycles. The van der Waals surface area contributed by atoms with Gasteiger partial charge in [0.25, 0.3) is 21.6 Å². The van der Waals surface area contributed by atoms with Gasteiger partial charge in [-0.1, -0.05) is 13.3 Å². The summed E-state index contributed by atoms with van der Waals surface area (Å²) in [5, 5.41) is 27.1. The second-order valence-electron chi connectivity index (χ2n) is 6.51. The number of azo groups is 1. The lowest BCUT2D eigenvalue weighted by molar-refractivity contribution is 0.0697. The Labute approximate surface area is 176 Å². The minimum absolute atomic E-state index is 0.0575. The molecule has 13 heteroatoms. The molecule has 0 saturated heterocycles. The first-order valence-electron chi connectivity index (χ1n) is 8.92. The van der Waals surface area contributed by atoms with E-state index >= 15 is 0 Å². The number of nitrogens with two attached hydrogens (primary N) is 1. The molecule has 1 aromatic heterocycles. The fourth-order valence-electron chi connectivity index (χ4n) is 2.78. The quantitative estimate of drug-likeness (QED) is 0.344. The van der Waals surface area contributed by atoms with Crippen LogP contribution in [-0.2, 0) is 16.7 Å². The normalized spacial score (nSPS) is 11.7. The number of primary amides is 1. The van der Waals surface area contributed by atoms with Gasteiger partial charge in [0.2, 0.25) is 5.88 Å². The standard InChI is InChI=1S/C18H20N4O8S/c1-3-4-7-22-16(24)13(15(19)23)9(2)14(17(22)25)21-20-12-6-5-10(31(28,29)30)8-11(12)18(26)27/h5-6,8,24H,3-4,7H2,1-2H3,(H2,19,23)(H,26,27)(H,28,29,30). The third-order valence-electron chi connectivity index (χ3n) is 4.39. The Hall–Kier alpha value is -3.58. The summed E-state index contributed by atoms with van der Waals surface area (Å²) in [5.41, 5.74) is 2.89. The SMILES string of the molecule is CCCCn1c(O)c(C(N)=O)c(C)c(N=Nc2ccc(S(=O)(=O)O)cc2C(=O)O)c1=O. The van der Waals surface area contributed by atoms with Crippen molar-refractivity contribution in [3.8, 4) is 5.88 Å². The fraction of sp³-hybridized carbons (Fsp3) is 0.278. The number of aromatic hydroxyl groups is 1. The van der Waals surface area contributed by atoms with E-state index < -0.39 is 43.9 Å². The van der Waals surface area contributed by atoms with Crippen LogP contribution in [0.5, 0.6) is 5.88 Å². The van der Waals surface area contributed by atoms with Crippen molar-refractivity contribution in [3.63, 3.8) is 0 Å². The second kappa shape index (κ2) is 9.06.